The molecule has 126 valence electrons. The Kier molecular flexibility index (Phi) is 6.59. The third-order valence-corrected chi connectivity index (χ3v) is 4.17. The Morgan fingerprint density at radius 2 is 2.09 bits per heavy atom. The summed E-state index contributed by atoms with van der Waals surface area (Å²) in [5.74, 6) is -0.260. The van der Waals surface area contributed by atoms with Gasteiger partial charge in [0.1, 0.15) is 0 Å². The highest BCUT2D eigenvalue weighted by Crippen LogP contribution is 2.18. The lowest BCUT2D eigenvalue weighted by Crippen LogP contribution is -2.45. The van der Waals surface area contributed by atoms with Gasteiger partial charge in [-0.1, -0.05) is 30.3 Å². The maximum Gasteiger partial charge on any atom is 0.310 e. The van der Waals surface area contributed by atoms with Crippen LogP contribution in [0.1, 0.15) is 38.3 Å². The van der Waals surface area contributed by atoms with E-state index in [2.05, 4.69) is 5.32 Å². The normalized spacial score (nSPS) is 19.8. The van der Waals surface area contributed by atoms with Crippen molar-refractivity contribution in [2.75, 3.05) is 26.2 Å². The van der Waals surface area contributed by atoms with E-state index in [0.717, 1.165) is 24.9 Å². The highest BCUT2D eigenvalue weighted by molar-refractivity contribution is 5.78. The fraction of sp³-hybridized carbons (Fsp3) is 0.556. The van der Waals surface area contributed by atoms with Crippen molar-refractivity contribution in [2.45, 2.75) is 32.7 Å². The molecule has 1 aliphatic heterocycles. The zero-order valence-corrected chi connectivity index (χ0v) is 14.0. The minimum atomic E-state index is -0.143. The maximum atomic E-state index is 12.2. The number of likely N-dealkylation sites (tertiary alicyclic amines) is 1. The Labute approximate surface area is 138 Å². The van der Waals surface area contributed by atoms with Gasteiger partial charge in [0.2, 0.25) is 5.91 Å². The van der Waals surface area contributed by atoms with Crippen molar-refractivity contribution in [1.29, 1.82) is 0 Å². The van der Waals surface area contributed by atoms with Crippen molar-refractivity contribution in [1.82, 2.24) is 10.2 Å². The van der Waals surface area contributed by atoms with Crippen LogP contribution < -0.4 is 5.32 Å². The SMILES string of the molecule is CCOC(=O)[C@@H]1CCCN(CC(=O)N[C@@H](C)c2ccccc2)C1. The first kappa shape index (κ1) is 17.5. The summed E-state index contributed by atoms with van der Waals surface area (Å²) in [4.78, 5) is 26.1. The van der Waals surface area contributed by atoms with Crippen molar-refractivity contribution < 1.29 is 14.3 Å². The van der Waals surface area contributed by atoms with Crippen molar-refractivity contribution in [3.8, 4) is 0 Å². The average Bonchev–Trinajstić information content (AvgIpc) is 2.56. The van der Waals surface area contributed by atoms with E-state index in [1.165, 1.54) is 0 Å². The molecule has 2 rings (SSSR count). The van der Waals surface area contributed by atoms with Crippen LogP contribution >= 0.6 is 0 Å². The molecule has 0 radical (unpaired) electrons. The molecule has 5 heteroatoms. The summed E-state index contributed by atoms with van der Waals surface area (Å²) in [6.45, 7) is 5.98. The summed E-state index contributed by atoms with van der Waals surface area (Å²) in [6.07, 6.45) is 1.77. The van der Waals surface area contributed by atoms with Gasteiger partial charge in [-0.2, -0.15) is 0 Å². The summed E-state index contributed by atoms with van der Waals surface area (Å²) in [5, 5.41) is 3.02. The number of carbonyl (C=O) groups is 2. The van der Waals surface area contributed by atoms with Gasteiger partial charge in [0.15, 0.2) is 0 Å². The summed E-state index contributed by atoms with van der Waals surface area (Å²) in [7, 11) is 0. The number of nitrogens with one attached hydrogen (secondary N) is 1. The van der Waals surface area contributed by atoms with Gasteiger partial charge >= 0.3 is 5.97 Å². The topological polar surface area (TPSA) is 58.6 Å². The number of hydrogen-bond acceptors (Lipinski definition) is 4. The fourth-order valence-electron chi connectivity index (χ4n) is 2.97. The smallest absolute Gasteiger partial charge is 0.310 e. The standard InChI is InChI=1S/C18H26N2O3/c1-3-23-18(22)16-10-7-11-20(12-16)13-17(21)19-14(2)15-8-5-4-6-9-15/h4-6,8-9,14,16H,3,7,10-13H2,1-2H3,(H,19,21)/t14-,16+/m0/s1. The summed E-state index contributed by atoms with van der Waals surface area (Å²) >= 11 is 0. The Bertz CT molecular complexity index is 518. The first-order valence-corrected chi connectivity index (χ1v) is 8.33. The van der Waals surface area contributed by atoms with Crippen LogP contribution in [0.3, 0.4) is 0 Å². The molecule has 1 fully saturated rings. The van der Waals surface area contributed by atoms with E-state index in [4.69, 9.17) is 4.74 Å². The number of rotatable bonds is 6. The van der Waals surface area contributed by atoms with Gasteiger partial charge in [-0.05, 0) is 38.8 Å². The number of ether oxygens (including phenoxy) is 1. The van der Waals surface area contributed by atoms with Gasteiger partial charge in [-0.15, -0.1) is 0 Å². The summed E-state index contributed by atoms with van der Waals surface area (Å²) in [6, 6.07) is 9.88. The fourth-order valence-corrected chi connectivity index (χ4v) is 2.97. The number of nitrogens with zero attached hydrogens (tertiary/aromatic N) is 1. The molecule has 23 heavy (non-hydrogen) atoms. The molecule has 1 aromatic carbocycles. The molecule has 0 unspecified atom stereocenters. The average molecular weight is 318 g/mol. The minimum absolute atomic E-state index is 0.00846. The molecule has 1 saturated heterocycles. The van der Waals surface area contributed by atoms with E-state index < -0.39 is 0 Å². The Hall–Kier alpha value is -1.88. The van der Waals surface area contributed by atoms with Crippen molar-refractivity contribution in [3.63, 3.8) is 0 Å². The Balaban J connectivity index is 1.81. The monoisotopic (exact) mass is 318 g/mol. The van der Waals surface area contributed by atoms with E-state index >= 15 is 0 Å². The van der Waals surface area contributed by atoms with Crippen molar-refractivity contribution in [2.24, 2.45) is 5.92 Å². The molecule has 1 amide bonds. The van der Waals surface area contributed by atoms with Crippen LogP contribution in [0.2, 0.25) is 0 Å². The lowest BCUT2D eigenvalue weighted by Gasteiger charge is -2.31. The van der Waals surface area contributed by atoms with Crippen LogP contribution in [-0.4, -0.2) is 43.0 Å². The molecule has 0 aliphatic carbocycles. The van der Waals surface area contributed by atoms with Crippen LogP contribution in [0.25, 0.3) is 0 Å². The van der Waals surface area contributed by atoms with Crippen LogP contribution in [0.15, 0.2) is 30.3 Å². The third kappa shape index (κ3) is 5.36. The van der Waals surface area contributed by atoms with E-state index in [1.54, 1.807) is 0 Å². The van der Waals surface area contributed by atoms with Gasteiger partial charge in [0.25, 0.3) is 0 Å². The number of hydrogen-bond donors (Lipinski definition) is 1. The van der Waals surface area contributed by atoms with Gasteiger partial charge in [-0.25, -0.2) is 0 Å². The predicted octanol–water partition coefficient (Wildman–Crippen LogP) is 2.14. The van der Waals surface area contributed by atoms with Crippen molar-refractivity contribution >= 4 is 11.9 Å². The number of amides is 1. The molecular weight excluding hydrogens is 292 g/mol. The lowest BCUT2D eigenvalue weighted by molar-refractivity contribution is -0.150. The van der Waals surface area contributed by atoms with E-state index in [1.807, 2.05) is 49.1 Å². The molecule has 1 N–H and O–H groups in total. The van der Waals surface area contributed by atoms with Gasteiger partial charge < -0.3 is 10.1 Å². The molecule has 0 aromatic heterocycles. The van der Waals surface area contributed by atoms with E-state index in [-0.39, 0.29) is 23.8 Å². The number of carbonyl (C=O) groups excluding carboxylic acids is 2. The highest BCUT2D eigenvalue weighted by Gasteiger charge is 2.27. The number of piperidine rings is 1. The molecule has 5 nitrogen and oxygen atoms in total. The Morgan fingerprint density at radius 3 is 2.78 bits per heavy atom. The van der Waals surface area contributed by atoms with Crippen molar-refractivity contribution in [3.05, 3.63) is 35.9 Å². The largest absolute Gasteiger partial charge is 0.466 e. The van der Waals surface area contributed by atoms with Gasteiger partial charge in [0, 0.05) is 6.54 Å². The molecule has 0 saturated carbocycles. The predicted molar refractivity (Wildman–Crippen MR) is 88.8 cm³/mol. The quantitative estimate of drug-likeness (QED) is 0.817. The molecule has 0 spiro atoms. The molecule has 2 atom stereocenters. The third-order valence-electron chi connectivity index (χ3n) is 4.17. The minimum Gasteiger partial charge on any atom is -0.466 e. The van der Waals surface area contributed by atoms with E-state index in [0.29, 0.717) is 19.7 Å². The van der Waals surface area contributed by atoms with Gasteiger partial charge in [0.05, 0.1) is 25.1 Å². The number of benzene rings is 1. The molecule has 0 bridgehead atoms. The highest BCUT2D eigenvalue weighted by atomic mass is 16.5. The number of esters is 1. The first-order valence-electron chi connectivity index (χ1n) is 8.33. The molecule has 1 aromatic rings. The van der Waals surface area contributed by atoms with Crippen LogP contribution in [0.4, 0.5) is 0 Å². The molecule has 1 heterocycles. The second kappa shape index (κ2) is 8.67. The van der Waals surface area contributed by atoms with Crippen LogP contribution in [0.5, 0.6) is 0 Å². The van der Waals surface area contributed by atoms with Crippen LogP contribution in [-0.2, 0) is 14.3 Å². The van der Waals surface area contributed by atoms with E-state index in [9.17, 15) is 9.59 Å². The molecule has 1 aliphatic rings. The summed E-state index contributed by atoms with van der Waals surface area (Å²) < 4.78 is 5.09. The zero-order valence-electron chi connectivity index (χ0n) is 14.0. The van der Waals surface area contributed by atoms with Gasteiger partial charge in [-0.3, -0.25) is 14.5 Å². The second-order valence-electron chi connectivity index (χ2n) is 6.03. The maximum absolute atomic E-state index is 12.2. The molecular formula is C18H26N2O3. The second-order valence-corrected chi connectivity index (χ2v) is 6.03. The zero-order chi connectivity index (χ0) is 16.7. The van der Waals surface area contributed by atoms with Crippen LogP contribution in [0, 0.1) is 5.92 Å². The first-order chi connectivity index (χ1) is 11.1. The Morgan fingerprint density at radius 1 is 1.35 bits per heavy atom. The lowest BCUT2D eigenvalue weighted by atomic mass is 9.98. The summed E-state index contributed by atoms with van der Waals surface area (Å²) in [5.41, 5.74) is 1.09.